The van der Waals surface area contributed by atoms with Gasteiger partial charge in [-0.1, -0.05) is 18.7 Å². The Labute approximate surface area is 115 Å². The first-order valence-corrected chi connectivity index (χ1v) is 6.92. The molecule has 19 heavy (non-hydrogen) atoms. The first-order valence-electron chi connectivity index (χ1n) is 5.98. The molecule has 0 spiro atoms. The monoisotopic (exact) mass is 290 g/mol. The minimum absolute atomic E-state index is 0.0394. The number of rotatable bonds is 6. The van der Waals surface area contributed by atoms with Crippen LogP contribution in [0.15, 0.2) is 11.6 Å². The van der Waals surface area contributed by atoms with Crippen molar-refractivity contribution < 1.29 is 24.5 Å². The van der Waals surface area contributed by atoms with Gasteiger partial charge in [-0.2, -0.15) is 0 Å². The van der Waals surface area contributed by atoms with E-state index in [1.54, 1.807) is 11.1 Å². The normalized spacial score (nSPS) is 20.8. The summed E-state index contributed by atoms with van der Waals surface area (Å²) in [5.74, 6) is -0.896. The van der Waals surface area contributed by atoms with Gasteiger partial charge in [0.15, 0.2) is 0 Å². The Morgan fingerprint density at radius 2 is 2.42 bits per heavy atom. The Hall–Kier alpha value is -1.25. The minimum Gasteiger partial charge on any atom is -0.480 e. The van der Waals surface area contributed by atoms with Crippen LogP contribution in [0.4, 0.5) is 4.79 Å². The van der Waals surface area contributed by atoms with Crippen LogP contribution in [0.5, 0.6) is 0 Å². The van der Waals surface area contributed by atoms with Crippen LogP contribution in [-0.4, -0.2) is 51.9 Å². The third-order valence-corrected chi connectivity index (χ3v) is 3.25. The highest BCUT2D eigenvalue weighted by molar-refractivity contribution is 8.02. The highest BCUT2D eigenvalue weighted by Gasteiger charge is 2.39. The molecule has 2 rings (SSSR count). The van der Waals surface area contributed by atoms with Crippen LogP contribution in [0.1, 0.15) is 19.8 Å². The molecule has 3 N–H and O–H groups in total. The van der Waals surface area contributed by atoms with E-state index in [1.165, 1.54) is 11.8 Å². The van der Waals surface area contributed by atoms with Gasteiger partial charge in [0.05, 0.1) is 0 Å². The maximum atomic E-state index is 10.4. The second-order valence-corrected chi connectivity index (χ2v) is 4.82. The quantitative estimate of drug-likeness (QED) is 0.664. The number of aliphatic carboxylic acids is 1. The first kappa shape index (κ1) is 15.8. The van der Waals surface area contributed by atoms with Crippen molar-refractivity contribution >= 4 is 23.8 Å². The van der Waals surface area contributed by atoms with E-state index in [9.17, 15) is 9.59 Å². The van der Waals surface area contributed by atoms with Crippen LogP contribution < -0.4 is 5.32 Å². The molecule has 0 bridgehead atoms. The largest absolute Gasteiger partial charge is 0.480 e. The Bertz CT molecular complexity index is 350. The first-order chi connectivity index (χ1) is 9.10. The van der Waals surface area contributed by atoms with Crippen molar-refractivity contribution in [3.05, 3.63) is 11.6 Å². The Balaban J connectivity index is 0.000000196. The molecule has 1 saturated heterocycles. The fourth-order valence-electron chi connectivity index (χ4n) is 1.39. The minimum atomic E-state index is -0.896. The molecule has 0 aromatic heterocycles. The van der Waals surface area contributed by atoms with E-state index in [0.29, 0.717) is 6.54 Å². The number of amides is 1. The molecule has 2 aliphatic rings. The lowest BCUT2D eigenvalue weighted by atomic mass is 10.2. The van der Waals surface area contributed by atoms with Gasteiger partial charge < -0.3 is 20.3 Å². The number of aliphatic hydroxyl groups is 1. The molecule has 0 radical (unpaired) electrons. The van der Waals surface area contributed by atoms with Crippen molar-refractivity contribution in [3.8, 4) is 0 Å². The average molecular weight is 290 g/mol. The smallest absolute Gasteiger partial charge is 0.420 e. The maximum Gasteiger partial charge on any atom is 0.420 e. The molecule has 0 unspecified atom stereocenters. The van der Waals surface area contributed by atoms with Gasteiger partial charge in [0, 0.05) is 12.8 Å². The lowest BCUT2D eigenvalue weighted by molar-refractivity contribution is -0.139. The number of hydrogen-bond donors (Lipinski definition) is 3. The van der Waals surface area contributed by atoms with Gasteiger partial charge in [0.25, 0.3) is 0 Å². The topological polar surface area (TPSA) is 99.1 Å². The highest BCUT2D eigenvalue weighted by atomic mass is 32.2. The highest BCUT2D eigenvalue weighted by Crippen LogP contribution is 2.33. The number of carbonyl (C=O) groups is 2. The number of nitrogens with zero attached hydrogens (tertiary/aromatic N) is 1. The van der Waals surface area contributed by atoms with E-state index < -0.39 is 12.0 Å². The lowest BCUT2D eigenvalue weighted by Gasteiger charge is -2.31. The van der Waals surface area contributed by atoms with Crippen molar-refractivity contribution in [1.82, 2.24) is 10.2 Å². The van der Waals surface area contributed by atoms with Crippen LogP contribution >= 0.6 is 11.8 Å². The van der Waals surface area contributed by atoms with Gasteiger partial charge >= 0.3 is 12.1 Å². The number of thioether (sulfide) groups is 1. The van der Waals surface area contributed by atoms with Crippen LogP contribution in [0.3, 0.4) is 0 Å². The molecule has 1 amide bonds. The molecular formula is C11H18N2O5S. The molecule has 0 aromatic carbocycles. The Kier molecular flexibility index (Phi) is 6.68. The van der Waals surface area contributed by atoms with E-state index in [4.69, 9.17) is 10.2 Å². The average Bonchev–Trinajstić information content (AvgIpc) is 2.76. The van der Waals surface area contributed by atoms with Crippen molar-refractivity contribution in [2.75, 3.05) is 13.2 Å². The third-order valence-electron chi connectivity index (χ3n) is 2.41. The van der Waals surface area contributed by atoms with E-state index in [2.05, 4.69) is 10.1 Å². The fourth-order valence-corrected chi connectivity index (χ4v) is 2.15. The van der Waals surface area contributed by atoms with E-state index in [-0.39, 0.29) is 24.7 Å². The lowest BCUT2D eigenvalue weighted by Crippen LogP contribution is -2.46. The van der Waals surface area contributed by atoms with Gasteiger partial charge in [-0.3, -0.25) is 4.79 Å². The Morgan fingerprint density at radius 1 is 1.68 bits per heavy atom. The second-order valence-electron chi connectivity index (χ2n) is 3.88. The van der Waals surface area contributed by atoms with Gasteiger partial charge in [-0.25, -0.2) is 9.69 Å². The summed E-state index contributed by atoms with van der Waals surface area (Å²) >= 11 is 1.50. The molecule has 0 aliphatic carbocycles. The second kappa shape index (κ2) is 8.03. The number of hydrogen-bond acceptors (Lipinski definition) is 6. The summed E-state index contributed by atoms with van der Waals surface area (Å²) in [6, 6.07) is -0.597. The molecule has 2 aliphatic heterocycles. The summed E-state index contributed by atoms with van der Waals surface area (Å²) in [6.45, 7) is 2.55. The summed E-state index contributed by atoms with van der Waals surface area (Å²) in [4.78, 5) is 22.3. The van der Waals surface area contributed by atoms with Crippen molar-refractivity contribution in [3.63, 3.8) is 0 Å². The van der Waals surface area contributed by atoms with E-state index in [0.717, 1.165) is 6.42 Å². The fraction of sp³-hybridized carbons (Fsp3) is 0.636. The number of carboxylic acid groups (broad SMARTS) is 1. The molecular weight excluding hydrogens is 272 g/mol. The number of ether oxygens (including phenoxy) is 1. The van der Waals surface area contributed by atoms with Crippen LogP contribution in [-0.2, 0) is 9.53 Å². The number of fused-ring (bicyclic) bond motifs is 1. The van der Waals surface area contributed by atoms with Crippen LogP contribution in [0.25, 0.3) is 0 Å². The number of carboxylic acids is 1. The predicted molar refractivity (Wildman–Crippen MR) is 70.3 cm³/mol. The zero-order valence-corrected chi connectivity index (χ0v) is 11.4. The van der Waals surface area contributed by atoms with E-state index >= 15 is 0 Å². The van der Waals surface area contributed by atoms with Crippen molar-refractivity contribution in [1.29, 1.82) is 0 Å². The molecule has 108 valence electrons. The predicted octanol–water partition coefficient (Wildman–Crippen LogP) is 0.762. The van der Waals surface area contributed by atoms with Crippen molar-refractivity contribution in [2.24, 2.45) is 0 Å². The van der Waals surface area contributed by atoms with Gasteiger partial charge in [-0.15, -0.1) is 0 Å². The molecule has 0 saturated carbocycles. The van der Waals surface area contributed by atoms with Crippen molar-refractivity contribution in [2.45, 2.75) is 31.4 Å². The third kappa shape index (κ3) is 4.73. The molecule has 2 heterocycles. The molecule has 2 atom stereocenters. The zero-order valence-electron chi connectivity index (χ0n) is 10.6. The standard InChI is InChI=1S/C7H15NO3.C4H3NO2S/c1-2-4-8-6(3-5-9)7(10)11;6-3-5-1-2-8-4(5)7-3/h6,8-9H,2-5H2,1H3,(H,10,11);1-2,4H/t6-;4-/m00/s1. The molecule has 1 fully saturated rings. The summed E-state index contributed by atoms with van der Waals surface area (Å²) in [5, 5.41) is 21.7. The number of nitrogens with one attached hydrogen (secondary N) is 1. The maximum absolute atomic E-state index is 10.4. The van der Waals surface area contributed by atoms with Crippen LogP contribution in [0.2, 0.25) is 0 Å². The summed E-state index contributed by atoms with van der Waals surface area (Å²) < 4.78 is 4.65. The summed E-state index contributed by atoms with van der Waals surface area (Å²) in [6.07, 6.45) is 2.65. The van der Waals surface area contributed by atoms with Crippen LogP contribution in [0, 0.1) is 0 Å². The SMILES string of the molecule is CCCN[C@@H](CCO)C(=O)O.O=C1O[C@H]2SC=CN12. The Morgan fingerprint density at radius 3 is 2.84 bits per heavy atom. The molecule has 0 aromatic rings. The van der Waals surface area contributed by atoms with Gasteiger partial charge in [-0.05, 0) is 24.8 Å². The molecule has 7 nitrogen and oxygen atoms in total. The summed E-state index contributed by atoms with van der Waals surface area (Å²) in [5.41, 5.74) is -0.0394. The van der Waals surface area contributed by atoms with Gasteiger partial charge in [0.1, 0.15) is 6.04 Å². The molecule has 8 heteroatoms. The van der Waals surface area contributed by atoms with E-state index in [1.807, 2.05) is 12.3 Å². The number of aliphatic hydroxyl groups excluding tert-OH is 1. The number of carbonyl (C=O) groups excluding carboxylic acids is 1. The summed E-state index contributed by atoms with van der Waals surface area (Å²) in [7, 11) is 0. The zero-order chi connectivity index (χ0) is 14.3. The van der Waals surface area contributed by atoms with Gasteiger partial charge in [0.2, 0.25) is 5.56 Å².